The summed E-state index contributed by atoms with van der Waals surface area (Å²) >= 11 is 0. The van der Waals surface area contributed by atoms with E-state index in [1.165, 1.54) is 19.3 Å². The van der Waals surface area contributed by atoms with Gasteiger partial charge in [-0.3, -0.25) is 0 Å². The lowest BCUT2D eigenvalue weighted by Crippen LogP contribution is -2.43. The minimum Gasteiger partial charge on any atom is -0.382 e. The summed E-state index contributed by atoms with van der Waals surface area (Å²) < 4.78 is 8.09. The summed E-state index contributed by atoms with van der Waals surface area (Å²) in [6.07, 6.45) is 9.57. The zero-order chi connectivity index (χ0) is 23.6. The van der Waals surface area contributed by atoms with Gasteiger partial charge in [0.2, 0.25) is 0 Å². The number of amides is 2. The van der Waals surface area contributed by atoms with Gasteiger partial charge in [-0.15, -0.1) is 0 Å². The van der Waals surface area contributed by atoms with Gasteiger partial charge in [-0.1, -0.05) is 26.2 Å². The largest absolute Gasteiger partial charge is 0.382 e. The number of urea groups is 1. The molecule has 0 unspecified atom stereocenters. The third-order valence-electron chi connectivity index (χ3n) is 6.37. The van der Waals surface area contributed by atoms with E-state index in [9.17, 15) is 4.79 Å². The van der Waals surface area contributed by atoms with E-state index < -0.39 is 0 Å². The van der Waals surface area contributed by atoms with Crippen LogP contribution in [0.25, 0.3) is 11.0 Å². The first-order chi connectivity index (χ1) is 16.1. The third kappa shape index (κ3) is 6.50. The monoisotopic (exact) mass is 459 g/mol. The second kappa shape index (κ2) is 12.6. The molecular formula is C24H41N7O2. The SMILES string of the molecule is CCCc1nc2c(N)ncc(N(CC)CC)c2n1CCOCCNC(=O)NC1CCCCC1. The first-order valence-corrected chi connectivity index (χ1v) is 12.6. The molecule has 1 saturated carbocycles. The number of imidazole rings is 1. The van der Waals surface area contributed by atoms with Gasteiger partial charge in [0.25, 0.3) is 0 Å². The predicted octanol–water partition coefficient (Wildman–Crippen LogP) is 3.46. The van der Waals surface area contributed by atoms with Crippen LogP contribution in [0.15, 0.2) is 6.20 Å². The van der Waals surface area contributed by atoms with Crippen LogP contribution in [-0.4, -0.2) is 59.5 Å². The number of fused-ring (bicyclic) bond motifs is 1. The van der Waals surface area contributed by atoms with Gasteiger partial charge >= 0.3 is 6.03 Å². The molecule has 4 N–H and O–H groups in total. The van der Waals surface area contributed by atoms with Crippen molar-refractivity contribution in [3.8, 4) is 0 Å². The number of carbonyl (C=O) groups excluding carboxylic acids is 1. The van der Waals surface area contributed by atoms with Gasteiger partial charge in [-0.25, -0.2) is 14.8 Å². The van der Waals surface area contributed by atoms with Crippen molar-refractivity contribution < 1.29 is 9.53 Å². The smallest absolute Gasteiger partial charge is 0.315 e. The van der Waals surface area contributed by atoms with Crippen LogP contribution in [0.1, 0.15) is 65.1 Å². The van der Waals surface area contributed by atoms with E-state index >= 15 is 0 Å². The number of carbonyl (C=O) groups is 1. The molecule has 1 aliphatic carbocycles. The Morgan fingerprint density at radius 1 is 1.21 bits per heavy atom. The van der Waals surface area contributed by atoms with Crippen molar-refractivity contribution in [2.24, 2.45) is 0 Å². The summed E-state index contributed by atoms with van der Waals surface area (Å²) in [5.41, 5.74) is 9.05. The average molecular weight is 460 g/mol. The summed E-state index contributed by atoms with van der Waals surface area (Å²) in [6, 6.07) is 0.219. The molecule has 184 valence electrons. The van der Waals surface area contributed by atoms with Crippen molar-refractivity contribution in [3.63, 3.8) is 0 Å². The molecule has 2 amide bonds. The Kier molecular flexibility index (Phi) is 9.60. The van der Waals surface area contributed by atoms with E-state index in [0.717, 1.165) is 61.3 Å². The quantitative estimate of drug-likeness (QED) is 0.419. The molecule has 0 saturated heterocycles. The first kappa shape index (κ1) is 25.1. The van der Waals surface area contributed by atoms with E-state index in [0.29, 0.717) is 38.2 Å². The number of aryl methyl sites for hydroxylation is 1. The van der Waals surface area contributed by atoms with E-state index in [1.807, 2.05) is 6.20 Å². The van der Waals surface area contributed by atoms with Crippen LogP contribution in [0.4, 0.5) is 16.3 Å². The van der Waals surface area contributed by atoms with Gasteiger partial charge in [0.05, 0.1) is 30.6 Å². The minimum atomic E-state index is -0.0943. The number of nitrogen functional groups attached to an aromatic ring is 1. The molecule has 33 heavy (non-hydrogen) atoms. The van der Waals surface area contributed by atoms with E-state index in [2.05, 4.69) is 45.9 Å². The molecular weight excluding hydrogens is 418 g/mol. The van der Waals surface area contributed by atoms with E-state index in [-0.39, 0.29) is 6.03 Å². The van der Waals surface area contributed by atoms with Crippen LogP contribution < -0.4 is 21.3 Å². The normalized spacial score (nSPS) is 14.5. The number of hydrogen-bond acceptors (Lipinski definition) is 6. The Morgan fingerprint density at radius 2 is 1.97 bits per heavy atom. The number of nitrogens with one attached hydrogen (secondary N) is 2. The highest BCUT2D eigenvalue weighted by molar-refractivity contribution is 5.95. The van der Waals surface area contributed by atoms with Crippen LogP contribution in [-0.2, 0) is 17.7 Å². The maximum absolute atomic E-state index is 12.1. The van der Waals surface area contributed by atoms with Gasteiger partial charge < -0.3 is 30.6 Å². The van der Waals surface area contributed by atoms with Crippen molar-refractivity contribution >= 4 is 28.6 Å². The molecule has 1 fully saturated rings. The average Bonchev–Trinajstić information content (AvgIpc) is 3.18. The number of nitrogens with two attached hydrogens (primary N) is 1. The first-order valence-electron chi connectivity index (χ1n) is 12.6. The molecule has 0 spiro atoms. The van der Waals surface area contributed by atoms with Gasteiger partial charge in [0.15, 0.2) is 5.82 Å². The highest BCUT2D eigenvalue weighted by Gasteiger charge is 2.19. The zero-order valence-electron chi connectivity index (χ0n) is 20.5. The second-order valence-electron chi connectivity index (χ2n) is 8.68. The van der Waals surface area contributed by atoms with Crippen molar-refractivity contribution in [2.75, 3.05) is 43.5 Å². The Balaban J connectivity index is 1.58. The van der Waals surface area contributed by atoms with Crippen LogP contribution >= 0.6 is 0 Å². The van der Waals surface area contributed by atoms with E-state index in [1.54, 1.807) is 0 Å². The fraction of sp³-hybridized carbons (Fsp3) is 0.708. The molecule has 9 nitrogen and oxygen atoms in total. The standard InChI is InChI=1S/C24H41N7O2/c1-4-10-20-29-21-22(19(17-27-23(21)25)30(5-2)6-3)31(20)14-16-33-15-13-26-24(32)28-18-11-8-7-9-12-18/h17-18H,4-16H2,1-3H3,(H2,25,27)(H2,26,28,32). The maximum atomic E-state index is 12.1. The molecule has 2 aromatic rings. The lowest BCUT2D eigenvalue weighted by atomic mass is 9.96. The highest BCUT2D eigenvalue weighted by Crippen LogP contribution is 2.30. The Labute approximate surface area is 197 Å². The maximum Gasteiger partial charge on any atom is 0.315 e. The Hall–Kier alpha value is -2.55. The number of nitrogens with zero attached hydrogens (tertiary/aromatic N) is 4. The third-order valence-corrected chi connectivity index (χ3v) is 6.37. The summed E-state index contributed by atoms with van der Waals surface area (Å²) in [4.78, 5) is 23.6. The van der Waals surface area contributed by atoms with E-state index in [4.69, 9.17) is 15.5 Å². The molecule has 0 radical (unpaired) electrons. The highest BCUT2D eigenvalue weighted by atomic mass is 16.5. The molecule has 2 aromatic heterocycles. The number of hydrogen-bond donors (Lipinski definition) is 3. The van der Waals surface area contributed by atoms with Gasteiger partial charge in [-0.2, -0.15) is 0 Å². The Bertz CT molecular complexity index is 889. The summed E-state index contributed by atoms with van der Waals surface area (Å²) in [5.74, 6) is 1.47. The van der Waals surface area contributed by atoms with Gasteiger partial charge in [0, 0.05) is 38.6 Å². The summed E-state index contributed by atoms with van der Waals surface area (Å²) in [5, 5.41) is 5.97. The molecule has 3 rings (SSSR count). The molecule has 0 bridgehead atoms. The second-order valence-corrected chi connectivity index (χ2v) is 8.68. The molecule has 2 heterocycles. The molecule has 9 heteroatoms. The van der Waals surface area contributed by atoms with Crippen LogP contribution in [0.2, 0.25) is 0 Å². The number of ether oxygens (including phenoxy) is 1. The van der Waals surface area contributed by atoms with Crippen molar-refractivity contribution in [1.82, 2.24) is 25.2 Å². The number of aromatic nitrogens is 3. The van der Waals surface area contributed by atoms with Crippen molar-refractivity contribution in [2.45, 2.75) is 78.3 Å². The lowest BCUT2D eigenvalue weighted by Gasteiger charge is -2.23. The summed E-state index contributed by atoms with van der Waals surface area (Å²) in [6.45, 7) is 10.4. The summed E-state index contributed by atoms with van der Waals surface area (Å²) in [7, 11) is 0. The molecule has 1 aliphatic rings. The fourth-order valence-corrected chi connectivity index (χ4v) is 4.62. The number of anilines is 2. The number of pyridine rings is 1. The van der Waals surface area contributed by atoms with Crippen LogP contribution in [0.5, 0.6) is 0 Å². The molecule has 0 aliphatic heterocycles. The topological polar surface area (TPSA) is 110 Å². The number of rotatable bonds is 12. The van der Waals surface area contributed by atoms with Gasteiger partial charge in [-0.05, 0) is 33.1 Å². The zero-order valence-corrected chi connectivity index (χ0v) is 20.5. The lowest BCUT2D eigenvalue weighted by molar-refractivity contribution is 0.128. The fourth-order valence-electron chi connectivity index (χ4n) is 4.62. The Morgan fingerprint density at radius 3 is 2.67 bits per heavy atom. The van der Waals surface area contributed by atoms with Crippen LogP contribution in [0, 0.1) is 0 Å². The van der Waals surface area contributed by atoms with Gasteiger partial charge in [0.1, 0.15) is 11.3 Å². The minimum absolute atomic E-state index is 0.0943. The van der Waals surface area contributed by atoms with Crippen molar-refractivity contribution in [3.05, 3.63) is 12.0 Å². The molecule has 0 atom stereocenters. The van der Waals surface area contributed by atoms with Crippen LogP contribution in [0.3, 0.4) is 0 Å². The molecule has 0 aromatic carbocycles. The van der Waals surface area contributed by atoms with Crippen molar-refractivity contribution in [1.29, 1.82) is 0 Å². The predicted molar refractivity (Wildman–Crippen MR) is 134 cm³/mol.